The highest BCUT2D eigenvalue weighted by molar-refractivity contribution is 5.59. The maximum atomic E-state index is 8.58. The number of hydrogen-bond acceptors (Lipinski definition) is 5. The third-order valence-corrected chi connectivity index (χ3v) is 5.32. The number of imidazole rings is 1. The molecule has 4 rings (SSSR count). The second kappa shape index (κ2) is 11.0. The van der Waals surface area contributed by atoms with Gasteiger partial charge in [0.25, 0.3) is 0 Å². The number of aromatic nitrogens is 3. The van der Waals surface area contributed by atoms with E-state index in [1.807, 2.05) is 30.5 Å². The van der Waals surface area contributed by atoms with Crippen LogP contribution in [0.15, 0.2) is 79.3 Å². The van der Waals surface area contributed by atoms with Gasteiger partial charge >= 0.3 is 0 Å². The molecule has 166 valence electrons. The number of anilines is 1. The molecule has 0 atom stereocenters. The number of hydrogen-bond donors (Lipinski definition) is 1. The zero-order valence-electron chi connectivity index (χ0n) is 18.7. The first-order valence-electron chi connectivity index (χ1n) is 11.2. The standard InChI is InChI=1S/C27H27N5O/c1-2-27-31-26(22-6-5-16-29-19-22)20-32(27)24-11-9-23(10-12-24)30-18-21-7-13-25(14-8-21)33-17-4-3-15-28/h5-14,16,19-20,30H,2-4,17-18H2,1H3. The van der Waals surface area contributed by atoms with Gasteiger partial charge < -0.3 is 14.6 Å². The van der Waals surface area contributed by atoms with Gasteiger partial charge in [-0.3, -0.25) is 4.98 Å². The van der Waals surface area contributed by atoms with Crippen LogP contribution in [0.5, 0.6) is 5.75 Å². The molecule has 0 spiro atoms. The number of nitrogens with zero attached hydrogens (tertiary/aromatic N) is 4. The van der Waals surface area contributed by atoms with E-state index in [0.29, 0.717) is 13.0 Å². The maximum absolute atomic E-state index is 8.58. The topological polar surface area (TPSA) is 75.8 Å². The van der Waals surface area contributed by atoms with Gasteiger partial charge in [0.15, 0.2) is 0 Å². The van der Waals surface area contributed by atoms with Crippen LogP contribution >= 0.6 is 0 Å². The minimum absolute atomic E-state index is 0.521. The van der Waals surface area contributed by atoms with E-state index in [-0.39, 0.29) is 0 Å². The number of pyridine rings is 1. The molecule has 1 N–H and O–H groups in total. The lowest BCUT2D eigenvalue weighted by Gasteiger charge is -2.10. The van der Waals surface area contributed by atoms with Crippen molar-refractivity contribution in [2.75, 3.05) is 11.9 Å². The van der Waals surface area contributed by atoms with E-state index < -0.39 is 0 Å². The fraction of sp³-hybridized carbons (Fsp3) is 0.222. The van der Waals surface area contributed by atoms with Crippen LogP contribution in [0.3, 0.4) is 0 Å². The Labute approximate surface area is 194 Å². The Balaban J connectivity index is 1.37. The molecule has 6 nitrogen and oxygen atoms in total. The average molecular weight is 438 g/mol. The lowest BCUT2D eigenvalue weighted by atomic mass is 10.2. The minimum atomic E-state index is 0.521. The number of nitrogens with one attached hydrogen (secondary N) is 1. The van der Waals surface area contributed by atoms with Crippen LogP contribution < -0.4 is 10.1 Å². The Morgan fingerprint density at radius 3 is 2.58 bits per heavy atom. The summed E-state index contributed by atoms with van der Waals surface area (Å²) in [5.74, 6) is 1.85. The fourth-order valence-electron chi connectivity index (χ4n) is 3.53. The molecule has 2 aromatic carbocycles. The monoisotopic (exact) mass is 437 g/mol. The van der Waals surface area contributed by atoms with Crippen LogP contribution in [0.2, 0.25) is 0 Å². The van der Waals surface area contributed by atoms with Gasteiger partial charge in [-0.25, -0.2) is 4.98 Å². The highest BCUT2D eigenvalue weighted by Gasteiger charge is 2.10. The van der Waals surface area contributed by atoms with Gasteiger partial charge in [-0.2, -0.15) is 5.26 Å². The molecule has 33 heavy (non-hydrogen) atoms. The number of unbranched alkanes of at least 4 members (excludes halogenated alkanes) is 1. The molecule has 0 fully saturated rings. The predicted octanol–water partition coefficient (Wildman–Crippen LogP) is 5.79. The minimum Gasteiger partial charge on any atom is -0.494 e. The van der Waals surface area contributed by atoms with Gasteiger partial charge in [-0.1, -0.05) is 19.1 Å². The molecule has 0 saturated carbocycles. The first-order valence-corrected chi connectivity index (χ1v) is 11.2. The van der Waals surface area contributed by atoms with Gasteiger partial charge in [0.1, 0.15) is 11.6 Å². The van der Waals surface area contributed by atoms with Crippen LogP contribution in [0, 0.1) is 11.3 Å². The fourth-order valence-corrected chi connectivity index (χ4v) is 3.53. The van der Waals surface area contributed by atoms with Crippen LogP contribution in [0.4, 0.5) is 5.69 Å². The van der Waals surface area contributed by atoms with E-state index in [2.05, 4.69) is 70.5 Å². The van der Waals surface area contributed by atoms with Gasteiger partial charge in [-0.05, 0) is 60.5 Å². The summed E-state index contributed by atoms with van der Waals surface area (Å²) in [6.07, 6.45) is 7.80. The summed E-state index contributed by atoms with van der Waals surface area (Å²) in [4.78, 5) is 9.00. The van der Waals surface area contributed by atoms with Gasteiger partial charge in [0.05, 0.1) is 18.4 Å². The molecular weight excluding hydrogens is 410 g/mol. The number of rotatable bonds is 10. The van der Waals surface area contributed by atoms with Crippen molar-refractivity contribution in [2.45, 2.75) is 32.7 Å². The molecule has 0 unspecified atom stereocenters. The Morgan fingerprint density at radius 2 is 1.88 bits per heavy atom. The van der Waals surface area contributed by atoms with Gasteiger partial charge in [0, 0.05) is 54.9 Å². The molecule has 0 aliphatic heterocycles. The molecule has 0 aliphatic rings. The van der Waals surface area contributed by atoms with E-state index >= 15 is 0 Å². The first-order chi connectivity index (χ1) is 16.3. The van der Waals surface area contributed by atoms with Gasteiger partial charge in [-0.15, -0.1) is 0 Å². The molecule has 2 heterocycles. The molecule has 6 heteroatoms. The zero-order valence-corrected chi connectivity index (χ0v) is 18.7. The van der Waals surface area contributed by atoms with E-state index in [0.717, 1.165) is 53.6 Å². The molecule has 0 aliphatic carbocycles. The van der Waals surface area contributed by atoms with Crippen LogP contribution in [0.1, 0.15) is 31.2 Å². The summed E-state index contributed by atoms with van der Waals surface area (Å²) in [5, 5.41) is 12.0. The Morgan fingerprint density at radius 1 is 1.06 bits per heavy atom. The zero-order chi connectivity index (χ0) is 22.9. The summed E-state index contributed by atoms with van der Waals surface area (Å²) in [5.41, 5.74) is 5.26. The van der Waals surface area contributed by atoms with Crippen molar-refractivity contribution >= 4 is 5.69 Å². The van der Waals surface area contributed by atoms with Crippen LogP contribution in [0.25, 0.3) is 16.9 Å². The third kappa shape index (κ3) is 5.78. The maximum Gasteiger partial charge on any atom is 0.119 e. The lowest BCUT2D eigenvalue weighted by molar-refractivity contribution is 0.312. The van der Waals surface area contributed by atoms with Crippen molar-refractivity contribution < 1.29 is 4.74 Å². The van der Waals surface area contributed by atoms with Crippen molar-refractivity contribution in [3.8, 4) is 28.8 Å². The van der Waals surface area contributed by atoms with Gasteiger partial charge in [0.2, 0.25) is 0 Å². The SMILES string of the molecule is CCc1nc(-c2cccnc2)cn1-c1ccc(NCc2ccc(OCCCC#N)cc2)cc1. The Bertz CT molecular complexity index is 1190. The normalized spacial score (nSPS) is 10.5. The Kier molecular flexibility index (Phi) is 7.34. The molecular formula is C27H27N5O. The number of aryl methyl sites for hydroxylation is 1. The number of ether oxygens (including phenoxy) is 1. The smallest absolute Gasteiger partial charge is 0.119 e. The molecule has 0 saturated heterocycles. The second-order valence-electron chi connectivity index (χ2n) is 7.66. The molecule has 4 aromatic rings. The van der Waals surface area contributed by atoms with E-state index in [9.17, 15) is 0 Å². The molecule has 2 aromatic heterocycles. The molecule has 0 radical (unpaired) electrons. The quantitative estimate of drug-likeness (QED) is 0.318. The highest BCUT2D eigenvalue weighted by Crippen LogP contribution is 2.23. The van der Waals surface area contributed by atoms with E-state index in [4.69, 9.17) is 15.0 Å². The van der Waals surface area contributed by atoms with E-state index in [1.54, 1.807) is 6.20 Å². The summed E-state index contributed by atoms with van der Waals surface area (Å²) in [6.45, 7) is 3.41. The second-order valence-corrected chi connectivity index (χ2v) is 7.66. The Hall–Kier alpha value is -4.11. The summed E-state index contributed by atoms with van der Waals surface area (Å²) in [6, 6.07) is 22.5. The van der Waals surface area contributed by atoms with Crippen molar-refractivity contribution in [1.82, 2.24) is 14.5 Å². The number of benzene rings is 2. The van der Waals surface area contributed by atoms with Crippen molar-refractivity contribution in [1.29, 1.82) is 5.26 Å². The summed E-state index contributed by atoms with van der Waals surface area (Å²) in [7, 11) is 0. The average Bonchev–Trinajstić information content (AvgIpc) is 3.32. The van der Waals surface area contributed by atoms with E-state index in [1.165, 1.54) is 5.56 Å². The first kappa shape index (κ1) is 22.1. The van der Waals surface area contributed by atoms with Crippen molar-refractivity contribution in [3.63, 3.8) is 0 Å². The van der Waals surface area contributed by atoms with Crippen molar-refractivity contribution in [2.24, 2.45) is 0 Å². The predicted molar refractivity (Wildman–Crippen MR) is 130 cm³/mol. The highest BCUT2D eigenvalue weighted by atomic mass is 16.5. The number of nitriles is 1. The summed E-state index contributed by atoms with van der Waals surface area (Å²) < 4.78 is 7.79. The third-order valence-electron chi connectivity index (χ3n) is 5.32. The summed E-state index contributed by atoms with van der Waals surface area (Å²) >= 11 is 0. The largest absolute Gasteiger partial charge is 0.494 e. The molecule has 0 amide bonds. The van der Waals surface area contributed by atoms with Crippen molar-refractivity contribution in [3.05, 3.63) is 90.6 Å². The van der Waals surface area contributed by atoms with Crippen LogP contribution in [-0.4, -0.2) is 21.1 Å². The molecule has 0 bridgehead atoms. The lowest BCUT2D eigenvalue weighted by Crippen LogP contribution is -2.02. The van der Waals surface area contributed by atoms with Crippen LogP contribution in [-0.2, 0) is 13.0 Å².